The van der Waals surface area contributed by atoms with E-state index in [-0.39, 0.29) is 5.78 Å². The first-order chi connectivity index (χ1) is 7.60. The lowest BCUT2D eigenvalue weighted by Crippen LogP contribution is -2.20. The number of halogens is 1. The molecule has 0 bridgehead atoms. The van der Waals surface area contributed by atoms with Crippen LogP contribution in [-0.4, -0.2) is 18.5 Å². The molecule has 0 aliphatic carbocycles. The van der Waals surface area contributed by atoms with E-state index in [1.807, 2.05) is 6.07 Å². The van der Waals surface area contributed by atoms with Gasteiger partial charge in [0.1, 0.15) is 5.92 Å². The van der Waals surface area contributed by atoms with Crippen LogP contribution in [0.3, 0.4) is 0 Å². The highest BCUT2D eigenvalue weighted by Crippen LogP contribution is 2.14. The van der Waals surface area contributed by atoms with Crippen LogP contribution in [0.5, 0.6) is 0 Å². The van der Waals surface area contributed by atoms with Gasteiger partial charge in [0.25, 0.3) is 0 Å². The molecule has 1 atom stereocenters. The van der Waals surface area contributed by atoms with Crippen LogP contribution in [0.2, 0.25) is 5.02 Å². The standard InChI is InChI=1S/C12H11ClN2O/c1-8(15-2)11(7-14)12(16)9-3-5-10(13)6-4-9/h3-6,11H,1-2H3. The minimum atomic E-state index is -0.814. The molecule has 0 saturated carbocycles. The molecule has 0 spiro atoms. The van der Waals surface area contributed by atoms with Crippen molar-refractivity contribution < 1.29 is 4.79 Å². The number of nitrogens with zero attached hydrogens (tertiary/aromatic N) is 2. The van der Waals surface area contributed by atoms with Gasteiger partial charge in [0.15, 0.2) is 5.78 Å². The average molecular weight is 235 g/mol. The summed E-state index contributed by atoms with van der Waals surface area (Å²) in [6.07, 6.45) is 0. The predicted octanol–water partition coefficient (Wildman–Crippen LogP) is 2.75. The molecule has 16 heavy (non-hydrogen) atoms. The zero-order valence-corrected chi connectivity index (χ0v) is 9.82. The van der Waals surface area contributed by atoms with Gasteiger partial charge in [-0.15, -0.1) is 0 Å². The fourth-order valence-electron chi connectivity index (χ4n) is 1.25. The van der Waals surface area contributed by atoms with E-state index in [1.165, 1.54) is 0 Å². The lowest BCUT2D eigenvalue weighted by Gasteiger charge is -2.07. The highest BCUT2D eigenvalue weighted by Gasteiger charge is 2.21. The molecule has 0 aromatic heterocycles. The molecule has 3 nitrogen and oxygen atoms in total. The van der Waals surface area contributed by atoms with Gasteiger partial charge < -0.3 is 0 Å². The molecule has 1 rings (SSSR count). The molecule has 4 heteroatoms. The van der Waals surface area contributed by atoms with Gasteiger partial charge in [0.05, 0.1) is 6.07 Å². The Morgan fingerprint density at radius 3 is 2.44 bits per heavy atom. The van der Waals surface area contributed by atoms with Crippen molar-refractivity contribution in [1.29, 1.82) is 5.26 Å². The van der Waals surface area contributed by atoms with Gasteiger partial charge in [0, 0.05) is 23.3 Å². The molecule has 0 radical (unpaired) electrons. The van der Waals surface area contributed by atoms with E-state index < -0.39 is 5.92 Å². The Morgan fingerprint density at radius 1 is 1.44 bits per heavy atom. The first kappa shape index (κ1) is 12.4. The molecular weight excluding hydrogens is 224 g/mol. The summed E-state index contributed by atoms with van der Waals surface area (Å²) in [4.78, 5) is 15.8. The smallest absolute Gasteiger partial charge is 0.185 e. The second-order valence-electron chi connectivity index (χ2n) is 3.30. The maximum atomic E-state index is 11.9. The van der Waals surface area contributed by atoms with Crippen LogP contribution in [0.1, 0.15) is 17.3 Å². The molecule has 1 aromatic carbocycles. The Morgan fingerprint density at radius 2 is 2.00 bits per heavy atom. The maximum Gasteiger partial charge on any atom is 0.185 e. The number of nitriles is 1. The molecule has 0 saturated heterocycles. The van der Waals surface area contributed by atoms with Crippen LogP contribution in [0.4, 0.5) is 0 Å². The summed E-state index contributed by atoms with van der Waals surface area (Å²) in [5, 5.41) is 9.50. The van der Waals surface area contributed by atoms with E-state index >= 15 is 0 Å². The topological polar surface area (TPSA) is 53.2 Å². The van der Waals surface area contributed by atoms with Gasteiger partial charge in [-0.3, -0.25) is 9.79 Å². The summed E-state index contributed by atoms with van der Waals surface area (Å²) in [5.41, 5.74) is 0.987. The largest absolute Gasteiger partial charge is 0.296 e. The Bertz CT molecular complexity index is 457. The Labute approximate surface area is 99.4 Å². The number of hydrogen-bond donors (Lipinski definition) is 0. The van der Waals surface area contributed by atoms with E-state index in [0.29, 0.717) is 16.3 Å². The molecule has 0 fully saturated rings. The third-order valence-electron chi connectivity index (χ3n) is 2.29. The van der Waals surface area contributed by atoms with Crippen molar-refractivity contribution >= 4 is 23.1 Å². The van der Waals surface area contributed by atoms with E-state index in [4.69, 9.17) is 16.9 Å². The van der Waals surface area contributed by atoms with Crippen LogP contribution < -0.4 is 0 Å². The van der Waals surface area contributed by atoms with Crippen molar-refractivity contribution in [3.05, 3.63) is 34.9 Å². The third kappa shape index (κ3) is 2.68. The number of ketones is 1. The van der Waals surface area contributed by atoms with Gasteiger partial charge in [-0.05, 0) is 31.2 Å². The van der Waals surface area contributed by atoms with E-state index in [9.17, 15) is 4.79 Å². The van der Waals surface area contributed by atoms with Gasteiger partial charge in [-0.2, -0.15) is 5.26 Å². The average Bonchev–Trinajstić information content (AvgIpc) is 2.30. The normalized spacial score (nSPS) is 13.0. The second-order valence-corrected chi connectivity index (χ2v) is 3.73. The summed E-state index contributed by atoms with van der Waals surface area (Å²) in [6, 6.07) is 8.42. The van der Waals surface area contributed by atoms with Gasteiger partial charge in [-0.1, -0.05) is 11.6 Å². The molecule has 1 aromatic rings. The lowest BCUT2D eigenvalue weighted by atomic mass is 9.95. The monoisotopic (exact) mass is 234 g/mol. The molecule has 0 aliphatic heterocycles. The highest BCUT2D eigenvalue weighted by atomic mass is 35.5. The fraction of sp³-hybridized carbons (Fsp3) is 0.250. The fourth-order valence-corrected chi connectivity index (χ4v) is 1.38. The van der Waals surface area contributed by atoms with Crippen LogP contribution in [0.15, 0.2) is 29.3 Å². The number of Topliss-reactive ketones (excluding diaryl/α,β-unsaturated/α-hetero) is 1. The minimum absolute atomic E-state index is 0.248. The number of rotatable bonds is 3. The molecule has 0 aliphatic rings. The zero-order chi connectivity index (χ0) is 12.1. The summed E-state index contributed by atoms with van der Waals surface area (Å²) in [7, 11) is 1.56. The molecule has 82 valence electrons. The SMILES string of the molecule is CN=C(C)C(C#N)C(=O)c1ccc(Cl)cc1. The highest BCUT2D eigenvalue weighted by molar-refractivity contribution is 6.30. The lowest BCUT2D eigenvalue weighted by molar-refractivity contribution is 0.0975. The number of carbonyl (C=O) groups is 1. The zero-order valence-electron chi connectivity index (χ0n) is 9.07. The van der Waals surface area contributed by atoms with Gasteiger partial charge in [-0.25, -0.2) is 0 Å². The molecular formula is C12H11ClN2O. The van der Waals surface area contributed by atoms with Crippen LogP contribution >= 0.6 is 11.6 Å². The summed E-state index contributed by atoms with van der Waals surface area (Å²) in [6.45, 7) is 1.67. The first-order valence-electron chi connectivity index (χ1n) is 4.72. The number of carbonyl (C=O) groups excluding carboxylic acids is 1. The van der Waals surface area contributed by atoms with Crippen molar-refractivity contribution in [1.82, 2.24) is 0 Å². The Kier molecular flexibility index (Phi) is 4.21. The van der Waals surface area contributed by atoms with Crippen molar-refractivity contribution in [2.45, 2.75) is 6.92 Å². The number of aliphatic imine (C=N–C) groups is 1. The summed E-state index contributed by atoms with van der Waals surface area (Å²) in [5.74, 6) is -1.06. The Balaban J connectivity index is 3.02. The van der Waals surface area contributed by atoms with Crippen LogP contribution in [0.25, 0.3) is 0 Å². The first-order valence-corrected chi connectivity index (χ1v) is 5.10. The molecule has 0 amide bonds. The van der Waals surface area contributed by atoms with Crippen molar-refractivity contribution in [2.24, 2.45) is 10.9 Å². The van der Waals surface area contributed by atoms with Crippen LogP contribution in [0, 0.1) is 17.2 Å². The van der Waals surface area contributed by atoms with Crippen LogP contribution in [-0.2, 0) is 0 Å². The van der Waals surface area contributed by atoms with Crippen molar-refractivity contribution in [3.63, 3.8) is 0 Å². The quantitative estimate of drug-likeness (QED) is 0.597. The predicted molar refractivity (Wildman–Crippen MR) is 63.9 cm³/mol. The molecule has 0 N–H and O–H groups in total. The summed E-state index contributed by atoms with van der Waals surface area (Å²) >= 11 is 5.72. The van der Waals surface area contributed by atoms with E-state index in [1.54, 1.807) is 38.2 Å². The van der Waals surface area contributed by atoms with Crippen molar-refractivity contribution in [3.8, 4) is 6.07 Å². The molecule has 1 unspecified atom stereocenters. The van der Waals surface area contributed by atoms with Gasteiger partial charge in [0.2, 0.25) is 0 Å². The third-order valence-corrected chi connectivity index (χ3v) is 2.54. The summed E-state index contributed by atoms with van der Waals surface area (Å²) < 4.78 is 0. The minimum Gasteiger partial charge on any atom is -0.296 e. The Hall–Kier alpha value is -1.66. The van der Waals surface area contributed by atoms with E-state index in [2.05, 4.69) is 4.99 Å². The van der Waals surface area contributed by atoms with E-state index in [0.717, 1.165) is 0 Å². The number of benzene rings is 1. The molecule has 0 heterocycles. The van der Waals surface area contributed by atoms with Crippen molar-refractivity contribution in [2.75, 3.05) is 7.05 Å². The second kappa shape index (κ2) is 5.43. The van der Waals surface area contributed by atoms with Gasteiger partial charge >= 0.3 is 0 Å². The maximum absolute atomic E-state index is 11.9. The number of hydrogen-bond acceptors (Lipinski definition) is 3.